The van der Waals surface area contributed by atoms with Gasteiger partial charge >= 0.3 is 0 Å². The van der Waals surface area contributed by atoms with E-state index in [1.54, 1.807) is 0 Å². The second-order valence-electron chi connectivity index (χ2n) is 17.6. The monoisotopic (exact) mass is 629 g/mol. The van der Waals surface area contributed by atoms with Crippen molar-refractivity contribution in [1.82, 2.24) is 4.90 Å². The van der Waals surface area contributed by atoms with E-state index in [1.807, 2.05) is 0 Å². The first kappa shape index (κ1) is 30.5. The van der Waals surface area contributed by atoms with E-state index in [9.17, 15) is 14.7 Å². The lowest BCUT2D eigenvalue weighted by atomic mass is 9.33. The van der Waals surface area contributed by atoms with Gasteiger partial charge in [0.05, 0.1) is 11.6 Å². The Labute approximate surface area is 258 Å². The zero-order valence-corrected chi connectivity index (χ0v) is 28.8. The highest BCUT2D eigenvalue weighted by Crippen LogP contribution is 2.75. The second-order valence-corrected chi connectivity index (χ2v) is 18.2. The van der Waals surface area contributed by atoms with E-state index >= 15 is 0 Å². The zero-order chi connectivity index (χ0) is 30.0. The lowest BCUT2D eigenvalue weighted by molar-refractivity contribution is -0.202. The van der Waals surface area contributed by atoms with E-state index < -0.39 is 5.54 Å². The maximum atomic E-state index is 14.6. The molecular formula is C36H56BrNO3. The van der Waals surface area contributed by atoms with E-state index in [0.717, 1.165) is 70.8 Å². The zero-order valence-electron chi connectivity index (χ0n) is 27.2. The molecule has 0 aromatic rings. The number of carbonyl (C=O) groups is 2. The molecule has 3 unspecified atom stereocenters. The Hall–Kier alpha value is -0.520. The van der Waals surface area contributed by atoms with Gasteiger partial charge in [-0.05, 0) is 129 Å². The summed E-state index contributed by atoms with van der Waals surface area (Å²) in [5, 5.41) is 11.7. The van der Waals surface area contributed by atoms with Crippen molar-refractivity contribution in [3.8, 4) is 0 Å². The van der Waals surface area contributed by atoms with Crippen molar-refractivity contribution in [2.24, 2.45) is 50.2 Å². The van der Waals surface area contributed by atoms with Gasteiger partial charge in [0.1, 0.15) is 0 Å². The summed E-state index contributed by atoms with van der Waals surface area (Å²) in [6.07, 6.45) is 12.9. The average molecular weight is 631 g/mol. The number of alkyl halides is 1. The SMILES string of the molecule is CN1CCCC1(CBr)C(=O)[C@@]1(C)CC[C@]2(C)CC[C@]3(C)C(=CC(=O)C4[C@@]5(C)CC[C@H](O)C(C)(C)C5CC[C@]43C)[C@H]2C1. The molecule has 0 amide bonds. The van der Waals surface area contributed by atoms with Crippen LogP contribution in [0.3, 0.4) is 0 Å². The molecule has 6 aliphatic rings. The molecule has 4 nitrogen and oxygen atoms in total. The number of rotatable bonds is 3. The minimum atomic E-state index is -0.403. The summed E-state index contributed by atoms with van der Waals surface area (Å²) in [5.74, 6) is 1.40. The van der Waals surface area contributed by atoms with E-state index in [0.29, 0.717) is 22.8 Å². The molecule has 230 valence electrons. The van der Waals surface area contributed by atoms with Gasteiger partial charge in [-0.25, -0.2) is 0 Å². The van der Waals surface area contributed by atoms with E-state index in [-0.39, 0.29) is 50.4 Å². The van der Waals surface area contributed by atoms with Crippen molar-refractivity contribution >= 4 is 27.5 Å². The number of likely N-dealkylation sites (tertiary alicyclic amines) is 1. The number of hydrogen-bond acceptors (Lipinski definition) is 4. The molecular weight excluding hydrogens is 574 g/mol. The third-order valence-electron chi connectivity index (χ3n) is 15.6. The van der Waals surface area contributed by atoms with Gasteiger partial charge in [0.15, 0.2) is 11.6 Å². The number of Topliss-reactive ketones (excluding diaryl/α,β-unsaturated/α-hetero) is 1. The quantitative estimate of drug-likeness (QED) is 0.324. The number of likely N-dealkylation sites (N-methyl/N-ethyl adjacent to an activating group) is 1. The Balaban J connectivity index is 1.41. The molecule has 0 aromatic carbocycles. The Morgan fingerprint density at radius 2 is 1.66 bits per heavy atom. The van der Waals surface area contributed by atoms with Crippen molar-refractivity contribution in [1.29, 1.82) is 0 Å². The van der Waals surface area contributed by atoms with Gasteiger partial charge in [0.2, 0.25) is 0 Å². The molecule has 5 heteroatoms. The summed E-state index contributed by atoms with van der Waals surface area (Å²) in [4.78, 5) is 31.5. The summed E-state index contributed by atoms with van der Waals surface area (Å²) in [7, 11) is 2.13. The molecule has 0 aromatic heterocycles. The average Bonchev–Trinajstić information content (AvgIpc) is 3.29. The highest BCUT2D eigenvalue weighted by atomic mass is 79.9. The molecule has 10 atom stereocenters. The number of allylic oxidation sites excluding steroid dienone is 2. The van der Waals surface area contributed by atoms with Gasteiger partial charge in [-0.3, -0.25) is 14.5 Å². The molecule has 1 saturated heterocycles. The van der Waals surface area contributed by atoms with Crippen molar-refractivity contribution in [3.63, 3.8) is 0 Å². The van der Waals surface area contributed by atoms with Gasteiger partial charge in [-0.2, -0.15) is 0 Å². The minimum Gasteiger partial charge on any atom is -0.393 e. The van der Waals surface area contributed by atoms with Crippen LogP contribution in [-0.4, -0.2) is 52.1 Å². The molecule has 4 saturated carbocycles. The van der Waals surface area contributed by atoms with Crippen LogP contribution in [0, 0.1) is 50.2 Å². The smallest absolute Gasteiger partial charge is 0.159 e. The molecule has 6 rings (SSSR count). The van der Waals surface area contributed by atoms with Crippen molar-refractivity contribution in [2.45, 2.75) is 131 Å². The van der Waals surface area contributed by atoms with Crippen LogP contribution < -0.4 is 0 Å². The molecule has 1 heterocycles. The van der Waals surface area contributed by atoms with Crippen molar-refractivity contribution in [2.75, 3.05) is 18.9 Å². The standard InChI is InChI=1S/C36H56BrNO3/c1-30(2)26-10-14-35(7)28(33(26,5)13-11-27(30)40)25(39)20-23-24-21-32(4,16-15-31(24,3)17-18-34(23,35)6)29(41)36(22-37)12-9-19-38(36)8/h20,24,26-28,40H,9-19,21-22H2,1-8H3/t24-,26?,27+,28?,31-,32+,33+,34-,35-,36?/m1/s1. The number of carbonyl (C=O) groups excluding carboxylic acids is 2. The Bertz CT molecular complexity index is 1180. The highest BCUT2D eigenvalue weighted by molar-refractivity contribution is 9.09. The fourth-order valence-electron chi connectivity index (χ4n) is 12.5. The lowest BCUT2D eigenvalue weighted by Crippen LogP contribution is -2.66. The molecule has 1 aliphatic heterocycles. The minimum absolute atomic E-state index is 0.000887. The third kappa shape index (κ3) is 3.76. The number of aliphatic hydroxyl groups is 1. The predicted molar refractivity (Wildman–Crippen MR) is 169 cm³/mol. The highest BCUT2D eigenvalue weighted by Gasteiger charge is 2.70. The summed E-state index contributed by atoms with van der Waals surface area (Å²) in [5.41, 5.74) is 0.361. The molecule has 5 fully saturated rings. The first-order valence-electron chi connectivity index (χ1n) is 16.7. The van der Waals surface area contributed by atoms with Crippen molar-refractivity contribution in [3.05, 3.63) is 11.6 Å². The van der Waals surface area contributed by atoms with Gasteiger partial charge in [0, 0.05) is 16.7 Å². The molecule has 41 heavy (non-hydrogen) atoms. The predicted octanol–water partition coefficient (Wildman–Crippen LogP) is 7.76. The summed E-state index contributed by atoms with van der Waals surface area (Å²) < 4.78 is 0. The number of fused-ring (bicyclic) bond motifs is 7. The van der Waals surface area contributed by atoms with Crippen molar-refractivity contribution < 1.29 is 14.7 Å². The molecule has 5 aliphatic carbocycles. The summed E-state index contributed by atoms with van der Waals surface area (Å²) in [6, 6.07) is 0. The summed E-state index contributed by atoms with van der Waals surface area (Å²) in [6.45, 7) is 17.6. The molecule has 0 spiro atoms. The first-order chi connectivity index (χ1) is 19.0. The second kappa shape index (κ2) is 9.25. The van der Waals surface area contributed by atoms with E-state index in [4.69, 9.17) is 0 Å². The maximum Gasteiger partial charge on any atom is 0.159 e. The fourth-order valence-corrected chi connectivity index (χ4v) is 13.4. The number of aliphatic hydroxyl groups excluding tert-OH is 1. The topological polar surface area (TPSA) is 57.6 Å². The van der Waals surface area contributed by atoms with Gasteiger partial charge in [-0.15, -0.1) is 0 Å². The Morgan fingerprint density at radius 1 is 0.976 bits per heavy atom. The van der Waals surface area contributed by atoms with Gasteiger partial charge in [-0.1, -0.05) is 70.0 Å². The molecule has 0 bridgehead atoms. The normalized spacial score (nSPS) is 53.0. The summed E-state index contributed by atoms with van der Waals surface area (Å²) >= 11 is 3.77. The van der Waals surface area contributed by atoms with Gasteiger partial charge < -0.3 is 5.11 Å². The van der Waals surface area contributed by atoms with Crippen LogP contribution in [0.2, 0.25) is 0 Å². The first-order valence-corrected chi connectivity index (χ1v) is 17.8. The maximum absolute atomic E-state index is 14.6. The van der Waals surface area contributed by atoms with E-state index in [1.165, 1.54) is 12.0 Å². The van der Waals surface area contributed by atoms with Crippen LogP contribution in [0.5, 0.6) is 0 Å². The Kier molecular flexibility index (Phi) is 6.88. The van der Waals surface area contributed by atoms with Gasteiger partial charge in [0.25, 0.3) is 0 Å². The molecule has 1 N–H and O–H groups in total. The fraction of sp³-hybridized carbons (Fsp3) is 0.889. The number of nitrogens with zero attached hydrogens (tertiary/aromatic N) is 1. The molecule has 0 radical (unpaired) electrons. The van der Waals surface area contributed by atoms with Crippen LogP contribution in [0.1, 0.15) is 119 Å². The van der Waals surface area contributed by atoms with Crippen LogP contribution in [0.4, 0.5) is 0 Å². The third-order valence-corrected chi connectivity index (χ3v) is 16.5. The van der Waals surface area contributed by atoms with Crippen LogP contribution in [0.25, 0.3) is 0 Å². The largest absolute Gasteiger partial charge is 0.393 e. The van der Waals surface area contributed by atoms with Crippen LogP contribution in [-0.2, 0) is 9.59 Å². The Morgan fingerprint density at radius 3 is 2.29 bits per heavy atom. The van der Waals surface area contributed by atoms with Crippen LogP contribution in [0.15, 0.2) is 11.6 Å². The van der Waals surface area contributed by atoms with Crippen LogP contribution >= 0.6 is 15.9 Å². The lowest BCUT2D eigenvalue weighted by Gasteiger charge is -2.70. The number of ketones is 2. The van der Waals surface area contributed by atoms with E-state index in [2.05, 4.69) is 82.4 Å². The number of halogens is 1. The number of hydrogen-bond donors (Lipinski definition) is 1.